The van der Waals surface area contributed by atoms with Crippen LogP contribution in [0.2, 0.25) is 0 Å². The zero-order valence-electron chi connectivity index (χ0n) is 15.4. The topological polar surface area (TPSA) is 101 Å². The zero-order valence-corrected chi connectivity index (χ0v) is 16.2. The van der Waals surface area contributed by atoms with Crippen LogP contribution in [0.15, 0.2) is 16.8 Å². The monoisotopic (exact) mass is 427 g/mol. The van der Waals surface area contributed by atoms with Crippen LogP contribution in [0.1, 0.15) is 40.2 Å². The van der Waals surface area contributed by atoms with E-state index >= 15 is 0 Å². The number of halogens is 3. The molecule has 0 saturated carbocycles. The number of carbonyl (C=O) groups is 1. The summed E-state index contributed by atoms with van der Waals surface area (Å²) in [5.41, 5.74) is 5.42. The van der Waals surface area contributed by atoms with Crippen molar-refractivity contribution in [1.82, 2.24) is 10.3 Å². The molecule has 0 unspecified atom stereocenters. The standard InChI is InChI=1S/C17H17F3N6O2S/c1-9-7-10(17(18,19)20)22-16-12(9)13(21)14(29-16)15(27)23-11-8-26(24-28-11)25-5-3-2-4-6-25/h7-8H,2-6H2,1H3,(H2-,21,23,24,27)/p+1. The summed E-state index contributed by atoms with van der Waals surface area (Å²) < 4.78 is 44.2. The predicted molar refractivity (Wildman–Crippen MR) is 100 cm³/mol. The summed E-state index contributed by atoms with van der Waals surface area (Å²) in [6.07, 6.45) is 0.214. The molecular weight excluding hydrogens is 409 g/mol. The van der Waals surface area contributed by atoms with Crippen molar-refractivity contribution in [2.24, 2.45) is 0 Å². The number of pyridine rings is 1. The van der Waals surface area contributed by atoms with Gasteiger partial charge in [0, 0.05) is 5.39 Å². The van der Waals surface area contributed by atoms with Crippen molar-refractivity contribution in [1.29, 1.82) is 0 Å². The third-order valence-corrected chi connectivity index (χ3v) is 5.81. The lowest BCUT2D eigenvalue weighted by Gasteiger charge is -2.17. The van der Waals surface area contributed by atoms with Gasteiger partial charge in [-0.3, -0.25) is 14.6 Å². The molecule has 3 aromatic heterocycles. The molecular formula is C17H18F3N6O2S+. The third-order valence-electron chi connectivity index (χ3n) is 4.71. The molecule has 3 aromatic rings. The Morgan fingerprint density at radius 1 is 1.34 bits per heavy atom. The molecule has 0 atom stereocenters. The molecule has 8 nitrogen and oxygen atoms in total. The maximum Gasteiger partial charge on any atom is 0.433 e. The molecule has 1 fully saturated rings. The maximum atomic E-state index is 13.0. The lowest BCUT2D eigenvalue weighted by atomic mass is 10.1. The van der Waals surface area contributed by atoms with E-state index in [1.807, 2.05) is 5.01 Å². The Morgan fingerprint density at radius 2 is 2.07 bits per heavy atom. The number of alkyl halides is 3. The number of nitrogen functional groups attached to an aromatic ring is 1. The Balaban J connectivity index is 1.59. The number of hydrogen-bond acceptors (Lipinski definition) is 7. The number of nitrogens with two attached hydrogens (primary N) is 1. The summed E-state index contributed by atoms with van der Waals surface area (Å²) in [6, 6.07) is 0.922. The molecule has 0 aliphatic carbocycles. The third kappa shape index (κ3) is 3.71. The molecule has 1 saturated heterocycles. The van der Waals surface area contributed by atoms with E-state index in [2.05, 4.69) is 15.6 Å². The fourth-order valence-electron chi connectivity index (χ4n) is 3.30. The fourth-order valence-corrected chi connectivity index (χ4v) is 4.37. The van der Waals surface area contributed by atoms with Crippen LogP contribution in [0.3, 0.4) is 0 Å². The first-order chi connectivity index (χ1) is 13.7. The number of carbonyl (C=O) groups excluding carboxylic acids is 1. The van der Waals surface area contributed by atoms with Crippen molar-refractivity contribution in [2.45, 2.75) is 32.4 Å². The Bertz CT molecular complexity index is 1070. The smallest absolute Gasteiger partial charge is 0.397 e. The van der Waals surface area contributed by atoms with Crippen molar-refractivity contribution >= 4 is 39.0 Å². The Morgan fingerprint density at radius 3 is 2.76 bits per heavy atom. The number of nitrogens with one attached hydrogen (secondary N) is 1. The summed E-state index contributed by atoms with van der Waals surface area (Å²) >= 11 is 0.803. The highest BCUT2D eigenvalue weighted by atomic mass is 32.1. The second-order valence-corrected chi connectivity index (χ2v) is 7.80. The molecule has 3 N–H and O–H groups in total. The number of piperidine rings is 1. The average molecular weight is 427 g/mol. The van der Waals surface area contributed by atoms with Crippen molar-refractivity contribution in [2.75, 3.05) is 29.1 Å². The van der Waals surface area contributed by atoms with Gasteiger partial charge in [0.15, 0.2) is 0 Å². The Hall–Kier alpha value is -2.89. The summed E-state index contributed by atoms with van der Waals surface area (Å²) in [6.45, 7) is 3.17. The molecule has 154 valence electrons. The number of fused-ring (bicyclic) bond motifs is 1. The number of nitrogens with zero attached hydrogens (tertiary/aromatic N) is 4. The second kappa shape index (κ2) is 7.17. The number of amides is 1. The molecule has 0 bridgehead atoms. The van der Waals surface area contributed by atoms with Crippen LogP contribution in [0.25, 0.3) is 10.2 Å². The van der Waals surface area contributed by atoms with Gasteiger partial charge in [0.1, 0.15) is 15.4 Å². The molecule has 4 heterocycles. The second-order valence-electron chi connectivity index (χ2n) is 6.80. The summed E-state index contributed by atoms with van der Waals surface area (Å²) in [5.74, 6) is -0.488. The van der Waals surface area contributed by atoms with Crippen LogP contribution >= 0.6 is 11.3 Å². The highest BCUT2D eigenvalue weighted by molar-refractivity contribution is 7.21. The van der Waals surface area contributed by atoms with E-state index < -0.39 is 17.8 Å². The molecule has 29 heavy (non-hydrogen) atoms. The minimum Gasteiger partial charge on any atom is -0.397 e. The molecule has 1 aliphatic rings. The number of aromatic nitrogens is 3. The van der Waals surface area contributed by atoms with E-state index in [0.29, 0.717) is 10.9 Å². The fraction of sp³-hybridized carbons (Fsp3) is 0.412. The van der Waals surface area contributed by atoms with E-state index in [0.717, 1.165) is 49.8 Å². The van der Waals surface area contributed by atoms with Gasteiger partial charge in [0.25, 0.3) is 12.1 Å². The first-order valence-corrected chi connectivity index (χ1v) is 9.78. The van der Waals surface area contributed by atoms with Crippen LogP contribution < -0.4 is 20.9 Å². The lowest BCUT2D eigenvalue weighted by Crippen LogP contribution is -2.60. The Kier molecular flexibility index (Phi) is 4.81. The van der Waals surface area contributed by atoms with Gasteiger partial charge in [-0.05, 0) is 37.8 Å². The van der Waals surface area contributed by atoms with Crippen LogP contribution in [-0.2, 0) is 6.18 Å². The molecule has 12 heteroatoms. The SMILES string of the molecule is Cc1cc(C(F)(F)F)nc2sc(C(=O)Nc3c[n+](N4CCCCC4)no3)c(N)c12. The van der Waals surface area contributed by atoms with Crippen LogP contribution in [-0.4, -0.2) is 29.3 Å². The largest absolute Gasteiger partial charge is 0.433 e. The number of anilines is 2. The quantitative estimate of drug-likeness (QED) is 0.624. The van der Waals surface area contributed by atoms with E-state index in [4.69, 9.17) is 10.3 Å². The van der Waals surface area contributed by atoms with E-state index in [-0.39, 0.29) is 21.3 Å². The van der Waals surface area contributed by atoms with Gasteiger partial charge in [0.2, 0.25) is 5.27 Å². The summed E-state index contributed by atoms with van der Waals surface area (Å²) in [4.78, 5) is 17.9. The number of rotatable bonds is 3. The number of aryl methyl sites for hydroxylation is 1. The summed E-state index contributed by atoms with van der Waals surface area (Å²) in [7, 11) is 0. The highest BCUT2D eigenvalue weighted by Crippen LogP contribution is 2.38. The zero-order chi connectivity index (χ0) is 20.8. The first-order valence-electron chi connectivity index (χ1n) is 8.96. The first kappa shape index (κ1) is 19.4. The molecule has 0 radical (unpaired) electrons. The van der Waals surface area contributed by atoms with Crippen LogP contribution in [0.5, 0.6) is 0 Å². The normalized spacial score (nSPS) is 15.1. The van der Waals surface area contributed by atoms with E-state index in [1.54, 1.807) is 0 Å². The van der Waals surface area contributed by atoms with Crippen LogP contribution in [0.4, 0.5) is 24.7 Å². The average Bonchev–Trinajstić information content (AvgIpc) is 3.26. The van der Waals surface area contributed by atoms with E-state index in [1.165, 1.54) is 17.9 Å². The van der Waals surface area contributed by atoms with Gasteiger partial charge in [-0.2, -0.15) is 18.2 Å². The number of thiophene rings is 1. The van der Waals surface area contributed by atoms with Gasteiger partial charge in [-0.1, -0.05) is 0 Å². The summed E-state index contributed by atoms with van der Waals surface area (Å²) in [5, 5.41) is 8.77. The Labute approximate surface area is 167 Å². The minimum atomic E-state index is -4.58. The highest BCUT2D eigenvalue weighted by Gasteiger charge is 2.34. The van der Waals surface area contributed by atoms with E-state index in [9.17, 15) is 18.0 Å². The van der Waals surface area contributed by atoms with Gasteiger partial charge >= 0.3 is 12.1 Å². The van der Waals surface area contributed by atoms with Crippen molar-refractivity contribution in [3.63, 3.8) is 0 Å². The number of hydrogen-bond donors (Lipinski definition) is 2. The van der Waals surface area contributed by atoms with Crippen molar-refractivity contribution in [3.05, 3.63) is 28.4 Å². The van der Waals surface area contributed by atoms with Crippen LogP contribution in [0, 0.1) is 6.92 Å². The minimum absolute atomic E-state index is 0.0564. The molecule has 0 spiro atoms. The predicted octanol–water partition coefficient (Wildman–Crippen LogP) is 2.86. The molecule has 1 aliphatic heterocycles. The molecule has 0 aromatic carbocycles. The van der Waals surface area contributed by atoms with Gasteiger partial charge < -0.3 is 5.73 Å². The van der Waals surface area contributed by atoms with Gasteiger partial charge in [0.05, 0.1) is 23.6 Å². The molecule has 4 rings (SSSR count). The van der Waals surface area contributed by atoms with Crippen molar-refractivity contribution < 1.29 is 27.3 Å². The van der Waals surface area contributed by atoms with Gasteiger partial charge in [-0.25, -0.2) is 4.98 Å². The lowest BCUT2D eigenvalue weighted by molar-refractivity contribution is -0.759. The van der Waals surface area contributed by atoms with Gasteiger partial charge in [-0.15, -0.1) is 11.3 Å². The molecule has 1 amide bonds. The van der Waals surface area contributed by atoms with Crippen molar-refractivity contribution in [3.8, 4) is 0 Å². The maximum absolute atomic E-state index is 13.0.